The number of rotatable bonds is 4. The summed E-state index contributed by atoms with van der Waals surface area (Å²) in [6, 6.07) is 14.0. The monoisotopic (exact) mass is 476 g/mol. The summed E-state index contributed by atoms with van der Waals surface area (Å²) in [6.45, 7) is 2.26. The molecule has 2 aromatic heterocycles. The number of esters is 1. The zero-order valence-corrected chi connectivity index (χ0v) is 19.1. The molecule has 0 unspecified atom stereocenters. The molecular weight excluding hydrogens is 456 g/mol. The minimum Gasteiger partial charge on any atom is -0.465 e. The zero-order valence-electron chi connectivity index (χ0n) is 18.4. The van der Waals surface area contributed by atoms with Crippen molar-refractivity contribution in [3.05, 3.63) is 77.2 Å². The Morgan fingerprint density at radius 2 is 1.74 bits per heavy atom. The lowest BCUT2D eigenvalue weighted by atomic mass is 10.1. The minimum absolute atomic E-state index is 0.119. The topological polar surface area (TPSA) is 93.5 Å². The van der Waals surface area contributed by atoms with Crippen LogP contribution in [0.5, 0.6) is 0 Å². The molecule has 1 saturated heterocycles. The Labute approximate surface area is 200 Å². The van der Waals surface area contributed by atoms with Crippen molar-refractivity contribution in [2.75, 3.05) is 38.2 Å². The van der Waals surface area contributed by atoms with Crippen molar-refractivity contribution < 1.29 is 14.3 Å². The Morgan fingerprint density at radius 3 is 2.50 bits per heavy atom. The Morgan fingerprint density at radius 1 is 0.971 bits per heavy atom. The van der Waals surface area contributed by atoms with E-state index in [9.17, 15) is 9.59 Å². The third-order valence-electron chi connectivity index (χ3n) is 5.79. The second-order valence-corrected chi connectivity index (χ2v) is 8.26. The number of piperazine rings is 1. The molecule has 3 heterocycles. The SMILES string of the molecule is COC(=O)c1cccc(C(=O)N2CCN(c3ncnc4c3cnn4-c3cccc(Cl)c3)CC2)c1. The van der Waals surface area contributed by atoms with E-state index in [4.69, 9.17) is 16.3 Å². The second kappa shape index (κ2) is 9.11. The van der Waals surface area contributed by atoms with Crippen molar-refractivity contribution in [1.29, 1.82) is 0 Å². The first-order valence-corrected chi connectivity index (χ1v) is 11.1. The number of carbonyl (C=O) groups excluding carboxylic acids is 2. The van der Waals surface area contributed by atoms with E-state index >= 15 is 0 Å². The Kier molecular flexibility index (Phi) is 5.85. The van der Waals surface area contributed by atoms with Gasteiger partial charge in [-0.1, -0.05) is 23.7 Å². The van der Waals surface area contributed by atoms with Gasteiger partial charge in [0.05, 0.1) is 29.9 Å². The number of ether oxygens (including phenoxy) is 1. The molecule has 0 bridgehead atoms. The van der Waals surface area contributed by atoms with Gasteiger partial charge in [0.15, 0.2) is 5.65 Å². The fourth-order valence-corrected chi connectivity index (χ4v) is 4.27. The number of benzene rings is 2. The van der Waals surface area contributed by atoms with Gasteiger partial charge in [0.2, 0.25) is 0 Å². The van der Waals surface area contributed by atoms with Crippen LogP contribution in [0.25, 0.3) is 16.7 Å². The van der Waals surface area contributed by atoms with Crippen LogP contribution in [-0.2, 0) is 4.74 Å². The van der Waals surface area contributed by atoms with Crippen molar-refractivity contribution in [2.24, 2.45) is 0 Å². The van der Waals surface area contributed by atoms with Gasteiger partial charge < -0.3 is 14.5 Å². The average Bonchev–Trinajstić information content (AvgIpc) is 3.32. The number of halogens is 1. The molecular formula is C24H21ClN6O3. The van der Waals surface area contributed by atoms with Gasteiger partial charge >= 0.3 is 5.97 Å². The molecule has 0 N–H and O–H groups in total. The Hall–Kier alpha value is -3.98. The highest BCUT2D eigenvalue weighted by Gasteiger charge is 2.25. The third-order valence-corrected chi connectivity index (χ3v) is 6.03. The van der Waals surface area contributed by atoms with Crippen LogP contribution >= 0.6 is 11.6 Å². The molecule has 172 valence electrons. The largest absolute Gasteiger partial charge is 0.465 e. The smallest absolute Gasteiger partial charge is 0.337 e. The molecule has 1 fully saturated rings. The predicted octanol–water partition coefficient (Wildman–Crippen LogP) is 3.22. The lowest BCUT2D eigenvalue weighted by Gasteiger charge is -2.35. The molecule has 0 saturated carbocycles. The predicted molar refractivity (Wildman–Crippen MR) is 128 cm³/mol. The summed E-state index contributed by atoms with van der Waals surface area (Å²) in [5, 5.41) is 5.95. The van der Waals surface area contributed by atoms with Crippen molar-refractivity contribution in [2.45, 2.75) is 0 Å². The average molecular weight is 477 g/mol. The molecule has 1 amide bonds. The van der Waals surface area contributed by atoms with E-state index in [-0.39, 0.29) is 5.91 Å². The number of anilines is 1. The first-order valence-electron chi connectivity index (χ1n) is 10.7. The van der Waals surface area contributed by atoms with Crippen LogP contribution in [0.3, 0.4) is 0 Å². The number of nitrogens with zero attached hydrogens (tertiary/aromatic N) is 6. The number of carbonyl (C=O) groups is 2. The van der Waals surface area contributed by atoms with Crippen LogP contribution in [-0.4, -0.2) is 69.8 Å². The highest BCUT2D eigenvalue weighted by molar-refractivity contribution is 6.30. The van der Waals surface area contributed by atoms with E-state index < -0.39 is 5.97 Å². The fourth-order valence-electron chi connectivity index (χ4n) is 4.08. The van der Waals surface area contributed by atoms with E-state index in [1.807, 2.05) is 24.3 Å². The quantitative estimate of drug-likeness (QED) is 0.417. The number of fused-ring (bicyclic) bond motifs is 1. The van der Waals surface area contributed by atoms with E-state index in [0.29, 0.717) is 48.0 Å². The van der Waals surface area contributed by atoms with Crippen molar-refractivity contribution >= 4 is 40.3 Å². The van der Waals surface area contributed by atoms with Gasteiger partial charge in [-0.2, -0.15) is 5.10 Å². The summed E-state index contributed by atoms with van der Waals surface area (Å²) in [5.74, 6) is 0.190. The number of aromatic nitrogens is 4. The van der Waals surface area contributed by atoms with Crippen LogP contribution in [0, 0.1) is 0 Å². The molecule has 0 spiro atoms. The maximum atomic E-state index is 13.0. The van der Waals surface area contributed by atoms with E-state index in [2.05, 4.69) is 20.0 Å². The summed E-state index contributed by atoms with van der Waals surface area (Å²) in [4.78, 5) is 37.7. The van der Waals surface area contributed by atoms with Crippen LogP contribution < -0.4 is 4.90 Å². The van der Waals surface area contributed by atoms with E-state index in [0.717, 1.165) is 16.9 Å². The highest BCUT2D eigenvalue weighted by Crippen LogP contribution is 2.26. The maximum absolute atomic E-state index is 13.0. The van der Waals surface area contributed by atoms with E-state index in [1.54, 1.807) is 40.0 Å². The van der Waals surface area contributed by atoms with Gasteiger partial charge in [-0.25, -0.2) is 19.4 Å². The van der Waals surface area contributed by atoms with Crippen molar-refractivity contribution in [3.63, 3.8) is 0 Å². The molecule has 0 atom stereocenters. The minimum atomic E-state index is -0.467. The molecule has 10 heteroatoms. The first kappa shape index (κ1) is 21.8. The number of methoxy groups -OCH3 is 1. The van der Waals surface area contributed by atoms with Crippen LogP contribution in [0.15, 0.2) is 61.1 Å². The van der Waals surface area contributed by atoms with Crippen molar-refractivity contribution in [1.82, 2.24) is 24.6 Å². The molecule has 9 nitrogen and oxygen atoms in total. The molecule has 0 aliphatic carbocycles. The third kappa shape index (κ3) is 4.06. The van der Waals surface area contributed by atoms with Gasteiger partial charge in [-0.05, 0) is 36.4 Å². The van der Waals surface area contributed by atoms with Crippen molar-refractivity contribution in [3.8, 4) is 5.69 Å². The lowest BCUT2D eigenvalue weighted by Crippen LogP contribution is -2.49. The molecule has 4 aromatic rings. The summed E-state index contributed by atoms with van der Waals surface area (Å²) >= 11 is 6.14. The highest BCUT2D eigenvalue weighted by atomic mass is 35.5. The second-order valence-electron chi connectivity index (χ2n) is 7.82. The number of hydrogen-bond acceptors (Lipinski definition) is 7. The lowest BCUT2D eigenvalue weighted by molar-refractivity contribution is 0.0600. The van der Waals surface area contributed by atoms with Crippen LogP contribution in [0.1, 0.15) is 20.7 Å². The van der Waals surface area contributed by atoms with Gasteiger partial charge in [0.25, 0.3) is 5.91 Å². The van der Waals surface area contributed by atoms with Gasteiger partial charge in [-0.3, -0.25) is 4.79 Å². The Balaban J connectivity index is 1.34. The van der Waals surface area contributed by atoms with Gasteiger partial charge in [-0.15, -0.1) is 0 Å². The molecule has 5 rings (SSSR count). The van der Waals surface area contributed by atoms with Gasteiger partial charge in [0.1, 0.15) is 12.1 Å². The normalized spacial score (nSPS) is 13.8. The maximum Gasteiger partial charge on any atom is 0.337 e. The molecule has 0 radical (unpaired) electrons. The fraction of sp³-hybridized carbons (Fsp3) is 0.208. The number of hydrogen-bond donors (Lipinski definition) is 0. The first-order chi connectivity index (χ1) is 16.5. The zero-order chi connectivity index (χ0) is 23.7. The molecule has 1 aliphatic heterocycles. The van der Waals surface area contributed by atoms with Crippen LogP contribution in [0.4, 0.5) is 5.82 Å². The molecule has 1 aliphatic rings. The Bertz CT molecular complexity index is 1380. The standard InChI is InChI=1S/C24H21ClN6O3/c1-34-24(33)17-5-2-4-16(12-17)23(32)30-10-8-29(9-11-30)21-20-14-28-31(22(20)27-15-26-21)19-7-3-6-18(25)13-19/h2-7,12-15H,8-11H2,1H3. The summed E-state index contributed by atoms with van der Waals surface area (Å²) in [5.41, 5.74) is 2.32. The molecule has 2 aromatic carbocycles. The number of amides is 1. The van der Waals surface area contributed by atoms with E-state index in [1.165, 1.54) is 13.4 Å². The van der Waals surface area contributed by atoms with Gasteiger partial charge in [0, 0.05) is 36.8 Å². The summed E-state index contributed by atoms with van der Waals surface area (Å²) in [6.07, 6.45) is 3.28. The van der Waals surface area contributed by atoms with Crippen LogP contribution in [0.2, 0.25) is 5.02 Å². The molecule has 34 heavy (non-hydrogen) atoms. The summed E-state index contributed by atoms with van der Waals surface area (Å²) in [7, 11) is 1.32. The summed E-state index contributed by atoms with van der Waals surface area (Å²) < 4.78 is 6.49.